The molecule has 49 heavy (non-hydrogen) atoms. The number of hydrogen-bond acceptors (Lipinski definition) is 7. The van der Waals surface area contributed by atoms with Gasteiger partial charge in [0, 0.05) is 45.2 Å². The van der Waals surface area contributed by atoms with E-state index < -0.39 is 0 Å². The van der Waals surface area contributed by atoms with Crippen LogP contribution in [0.1, 0.15) is 144 Å². The Morgan fingerprint density at radius 2 is 1.63 bits per heavy atom. The number of primary amides is 1. The van der Waals surface area contributed by atoms with E-state index in [4.69, 9.17) is 19.5 Å². The molecular weight excluding hydrogens is 616 g/mol. The summed E-state index contributed by atoms with van der Waals surface area (Å²) in [5.74, 6) is 5.08. The van der Waals surface area contributed by atoms with Crippen LogP contribution in [-0.4, -0.2) is 75.6 Å². The van der Waals surface area contributed by atoms with Gasteiger partial charge in [-0.3, -0.25) is 14.4 Å². The third-order valence-corrected chi connectivity index (χ3v) is 12.1. The number of hydrogen-bond donors (Lipinski definition) is 4. The van der Waals surface area contributed by atoms with Gasteiger partial charge in [0.1, 0.15) is 0 Å². The van der Waals surface area contributed by atoms with Crippen LogP contribution in [0.4, 0.5) is 0 Å². The standard InChI is InChI=1S/C26H46N2O3.C10H20.C2H6O.CH3NO.CH5N/c1-30-25-23(19-28-16-7-17-31-28)12-6-13-24(25)21-10-5-11-22(18-21)26(29)27-15-14-20-8-3-2-4-9-20;1-8-5-6-9(2)10(3,4)7-8;1-2-3;2-1-3;1-2/h20-25H,2-19H2,1H3,(H,27,29);8-9H,5-7H2,1-4H3;3H,2H2,1H3;1H,(H2,2,3);2H2,1H3. The summed E-state index contributed by atoms with van der Waals surface area (Å²) in [5.41, 5.74) is 9.28. The fraction of sp³-hybridized carbons (Fsp3) is 0.950. The number of nitrogens with zero attached hydrogens (tertiary/aromatic N) is 1. The van der Waals surface area contributed by atoms with Crippen LogP contribution < -0.4 is 16.8 Å². The van der Waals surface area contributed by atoms with Crippen LogP contribution in [0, 0.1) is 46.8 Å². The zero-order valence-corrected chi connectivity index (χ0v) is 32.9. The molecule has 5 aliphatic rings. The van der Waals surface area contributed by atoms with Gasteiger partial charge < -0.3 is 26.6 Å². The molecule has 0 bridgehead atoms. The summed E-state index contributed by atoms with van der Waals surface area (Å²) >= 11 is 0. The van der Waals surface area contributed by atoms with Crippen LogP contribution in [0.2, 0.25) is 0 Å². The van der Waals surface area contributed by atoms with Gasteiger partial charge >= 0.3 is 0 Å². The average molecular weight is 697 g/mol. The molecule has 0 radical (unpaired) electrons. The van der Waals surface area contributed by atoms with Crippen LogP contribution >= 0.6 is 0 Å². The summed E-state index contributed by atoms with van der Waals surface area (Å²) in [6.07, 6.45) is 22.5. The second kappa shape index (κ2) is 26.5. The second-order valence-corrected chi connectivity index (χ2v) is 16.1. The first kappa shape index (κ1) is 45.8. The van der Waals surface area contributed by atoms with E-state index in [1.54, 1.807) is 6.92 Å². The Morgan fingerprint density at radius 3 is 2.20 bits per heavy atom. The molecule has 6 N–H and O–H groups in total. The molecule has 5 rings (SSSR count). The number of aliphatic hydroxyl groups excluding tert-OH is 1. The van der Waals surface area contributed by atoms with Gasteiger partial charge in [-0.25, -0.2) is 0 Å². The number of carbonyl (C=O) groups excluding carboxylic acids is 2. The first-order chi connectivity index (χ1) is 23.6. The quantitative estimate of drug-likeness (QED) is 0.199. The summed E-state index contributed by atoms with van der Waals surface area (Å²) < 4.78 is 6.12. The molecule has 7 atom stereocenters. The van der Waals surface area contributed by atoms with E-state index in [1.165, 1.54) is 96.9 Å². The highest BCUT2D eigenvalue weighted by molar-refractivity contribution is 5.78. The van der Waals surface area contributed by atoms with E-state index in [0.29, 0.717) is 35.2 Å². The number of ether oxygens (including phenoxy) is 1. The fourth-order valence-electron chi connectivity index (χ4n) is 9.27. The summed E-state index contributed by atoms with van der Waals surface area (Å²) in [5, 5.41) is 13.1. The third kappa shape index (κ3) is 17.2. The number of nitrogens with one attached hydrogen (secondary N) is 1. The Balaban J connectivity index is 0.000000552. The zero-order valence-electron chi connectivity index (χ0n) is 32.9. The van der Waals surface area contributed by atoms with Crippen molar-refractivity contribution in [2.75, 3.05) is 47.0 Å². The summed E-state index contributed by atoms with van der Waals surface area (Å²) in [4.78, 5) is 27.3. The number of aliphatic hydroxyl groups is 1. The van der Waals surface area contributed by atoms with Crippen molar-refractivity contribution >= 4 is 12.3 Å². The molecule has 1 aliphatic heterocycles. The Labute approximate surface area is 301 Å². The lowest BCUT2D eigenvalue weighted by Crippen LogP contribution is -2.45. The van der Waals surface area contributed by atoms with E-state index >= 15 is 0 Å². The summed E-state index contributed by atoms with van der Waals surface area (Å²) in [7, 11) is 3.40. The molecule has 1 heterocycles. The maximum atomic E-state index is 12.9. The van der Waals surface area contributed by atoms with Crippen molar-refractivity contribution in [2.45, 2.75) is 150 Å². The lowest BCUT2D eigenvalue weighted by molar-refractivity contribution is -0.144. The van der Waals surface area contributed by atoms with Gasteiger partial charge in [0.25, 0.3) is 0 Å². The molecule has 290 valence electrons. The largest absolute Gasteiger partial charge is 0.397 e. The zero-order chi connectivity index (χ0) is 36.7. The Hall–Kier alpha value is -1.26. The van der Waals surface area contributed by atoms with Gasteiger partial charge in [0.2, 0.25) is 12.3 Å². The highest BCUT2D eigenvalue weighted by Gasteiger charge is 2.41. The summed E-state index contributed by atoms with van der Waals surface area (Å²) in [6.45, 7) is 15.3. The predicted molar refractivity (Wildman–Crippen MR) is 203 cm³/mol. The van der Waals surface area contributed by atoms with Gasteiger partial charge in [0.15, 0.2) is 0 Å². The average Bonchev–Trinajstić information content (AvgIpc) is 3.62. The van der Waals surface area contributed by atoms with Crippen molar-refractivity contribution in [1.82, 2.24) is 10.4 Å². The molecule has 0 aromatic heterocycles. The number of hydroxylamine groups is 2. The molecule has 4 saturated carbocycles. The van der Waals surface area contributed by atoms with E-state index in [0.717, 1.165) is 63.3 Å². The van der Waals surface area contributed by atoms with Crippen molar-refractivity contribution in [2.24, 2.45) is 58.3 Å². The van der Waals surface area contributed by atoms with Crippen molar-refractivity contribution in [3.8, 4) is 0 Å². The highest BCUT2D eigenvalue weighted by Crippen LogP contribution is 2.44. The SMILES string of the molecule is CC1CCC(C)C(C)(C)C1.CCO.CN.COC1C(CN2CCCO2)CCCC1C1CCCC(C(=O)NCCC2CCCCC2)C1.NC=O. The maximum absolute atomic E-state index is 12.9. The number of nitrogens with two attached hydrogens (primary N) is 2. The molecule has 0 aromatic carbocycles. The molecule has 9 nitrogen and oxygen atoms in total. The minimum atomic E-state index is 0.213. The molecule has 2 amide bonds. The van der Waals surface area contributed by atoms with Crippen molar-refractivity contribution in [3.05, 3.63) is 0 Å². The topological polar surface area (TPSA) is 140 Å². The Morgan fingerprint density at radius 1 is 0.980 bits per heavy atom. The van der Waals surface area contributed by atoms with Gasteiger partial charge in [0.05, 0.1) is 12.7 Å². The van der Waals surface area contributed by atoms with Crippen LogP contribution in [0.5, 0.6) is 0 Å². The monoisotopic (exact) mass is 697 g/mol. The first-order valence-electron chi connectivity index (χ1n) is 20.1. The lowest BCUT2D eigenvalue weighted by atomic mass is 9.66. The van der Waals surface area contributed by atoms with Crippen LogP contribution in [0.25, 0.3) is 0 Å². The minimum absolute atomic E-state index is 0.213. The van der Waals surface area contributed by atoms with E-state index in [-0.39, 0.29) is 18.9 Å². The van der Waals surface area contributed by atoms with Crippen molar-refractivity contribution < 1.29 is 24.3 Å². The Bertz CT molecular complexity index is 833. The predicted octanol–water partition coefficient (Wildman–Crippen LogP) is 7.09. The van der Waals surface area contributed by atoms with Crippen LogP contribution in [0.3, 0.4) is 0 Å². The summed E-state index contributed by atoms with van der Waals surface area (Å²) in [6, 6.07) is 0. The normalized spacial score (nSPS) is 31.5. The fourth-order valence-corrected chi connectivity index (χ4v) is 9.27. The molecule has 0 aromatic rings. The number of carbonyl (C=O) groups is 2. The van der Waals surface area contributed by atoms with Gasteiger partial charge in [-0.05, 0) is 100 Å². The van der Waals surface area contributed by atoms with Crippen molar-refractivity contribution in [1.29, 1.82) is 0 Å². The lowest BCUT2D eigenvalue weighted by Gasteiger charge is -2.44. The first-order valence-corrected chi connectivity index (χ1v) is 20.1. The van der Waals surface area contributed by atoms with E-state index in [2.05, 4.69) is 49.5 Å². The van der Waals surface area contributed by atoms with Gasteiger partial charge in [-0.1, -0.05) is 85.5 Å². The number of rotatable bonds is 8. The van der Waals surface area contributed by atoms with E-state index in [9.17, 15) is 4.79 Å². The third-order valence-electron chi connectivity index (χ3n) is 12.1. The molecule has 9 heteroatoms. The van der Waals surface area contributed by atoms with Gasteiger partial charge in [-0.2, -0.15) is 5.06 Å². The van der Waals surface area contributed by atoms with Crippen LogP contribution in [0.15, 0.2) is 0 Å². The highest BCUT2D eigenvalue weighted by atomic mass is 16.7. The molecule has 1 saturated heterocycles. The molecule has 7 unspecified atom stereocenters. The molecule has 4 aliphatic carbocycles. The Kier molecular flexibility index (Phi) is 24.8. The minimum Gasteiger partial charge on any atom is -0.397 e. The molecule has 5 fully saturated rings. The molecule has 0 spiro atoms. The molecular formula is C40H80N4O5. The maximum Gasteiger partial charge on any atom is 0.223 e. The van der Waals surface area contributed by atoms with Crippen LogP contribution in [-0.2, 0) is 19.2 Å². The van der Waals surface area contributed by atoms with E-state index in [1.807, 2.05) is 7.11 Å². The second-order valence-electron chi connectivity index (χ2n) is 16.1. The number of amides is 2. The van der Waals surface area contributed by atoms with Gasteiger partial charge in [-0.15, -0.1) is 0 Å². The van der Waals surface area contributed by atoms with Crippen molar-refractivity contribution in [3.63, 3.8) is 0 Å². The number of methoxy groups -OCH3 is 1. The smallest absolute Gasteiger partial charge is 0.223 e.